The number of ether oxygens (including phenoxy) is 1. The van der Waals surface area contributed by atoms with Crippen LogP contribution in [0.25, 0.3) is 0 Å². The highest BCUT2D eigenvalue weighted by Gasteiger charge is 2.37. The van der Waals surface area contributed by atoms with Crippen molar-refractivity contribution in [2.75, 3.05) is 39.3 Å². The summed E-state index contributed by atoms with van der Waals surface area (Å²) in [5.74, 6) is 1.12. The number of benzene rings is 1. The number of amides is 1. The number of nitrogens with zero attached hydrogens (tertiary/aromatic N) is 4. The van der Waals surface area contributed by atoms with Crippen LogP contribution < -0.4 is 4.74 Å². The van der Waals surface area contributed by atoms with Crippen molar-refractivity contribution in [2.45, 2.75) is 58.3 Å². The number of hydrogen-bond donors (Lipinski definition) is 0. The topological polar surface area (TPSA) is 58.6 Å². The Kier molecular flexibility index (Phi) is 8.32. The molecule has 1 aromatic carbocycles. The Balaban J connectivity index is 1.45. The van der Waals surface area contributed by atoms with Gasteiger partial charge in [-0.3, -0.25) is 9.69 Å². The van der Waals surface area contributed by atoms with Crippen LogP contribution in [0.2, 0.25) is 0 Å². The molecule has 0 N–H and O–H groups in total. The van der Waals surface area contributed by atoms with E-state index in [-0.39, 0.29) is 11.3 Å². The van der Waals surface area contributed by atoms with Gasteiger partial charge >= 0.3 is 0 Å². The van der Waals surface area contributed by atoms with Crippen molar-refractivity contribution in [3.63, 3.8) is 0 Å². The Bertz CT molecular complexity index is 881. The summed E-state index contributed by atoms with van der Waals surface area (Å²) in [4.78, 5) is 25.6. The Morgan fingerprint density at radius 1 is 1.06 bits per heavy atom. The standard InChI is InChI=1S/C27H38N4O2/c1-2-3-14-30-17-18-33-25-10-5-4-8-23(25)9-6-7-11-27(21-30)12-15-31(16-13-27)26(32)24-19-28-22-29-20-24/h4-5,8,10,19-20,22H,2-3,6-7,9,11-18,21H2,1H3. The zero-order valence-electron chi connectivity index (χ0n) is 20.0. The molecule has 6 heteroatoms. The Morgan fingerprint density at radius 3 is 2.64 bits per heavy atom. The van der Waals surface area contributed by atoms with Crippen LogP contribution in [0, 0.1) is 5.41 Å². The SMILES string of the molecule is CCCCN1CCOc2ccccc2CCCCC2(CCN(C(=O)c3cncnc3)CC2)C1. The highest BCUT2D eigenvalue weighted by molar-refractivity contribution is 5.93. The maximum atomic E-state index is 12.9. The first kappa shape index (κ1) is 23.7. The van der Waals surface area contributed by atoms with Gasteiger partial charge in [-0.15, -0.1) is 0 Å². The minimum atomic E-state index is 0.0615. The third-order valence-electron chi connectivity index (χ3n) is 7.35. The second-order valence-electron chi connectivity index (χ2n) is 9.71. The van der Waals surface area contributed by atoms with Crippen molar-refractivity contribution in [2.24, 2.45) is 5.41 Å². The van der Waals surface area contributed by atoms with Crippen LogP contribution in [0.15, 0.2) is 43.0 Å². The van der Waals surface area contributed by atoms with Crippen LogP contribution >= 0.6 is 0 Å². The van der Waals surface area contributed by atoms with Crippen molar-refractivity contribution in [3.05, 3.63) is 54.1 Å². The number of unbranched alkanes of at least 4 members (excludes halogenated alkanes) is 1. The third-order valence-corrected chi connectivity index (χ3v) is 7.35. The smallest absolute Gasteiger partial charge is 0.256 e. The van der Waals surface area contributed by atoms with E-state index in [4.69, 9.17) is 4.74 Å². The monoisotopic (exact) mass is 450 g/mol. The minimum absolute atomic E-state index is 0.0615. The molecule has 3 heterocycles. The number of rotatable bonds is 4. The van der Waals surface area contributed by atoms with Crippen molar-refractivity contribution in [3.8, 4) is 5.75 Å². The molecule has 33 heavy (non-hydrogen) atoms. The second kappa shape index (κ2) is 11.6. The number of fused-ring (bicyclic) bond motifs is 1. The molecule has 2 aromatic rings. The van der Waals surface area contributed by atoms with Crippen molar-refractivity contribution in [1.29, 1.82) is 0 Å². The first-order valence-corrected chi connectivity index (χ1v) is 12.7. The number of aromatic nitrogens is 2. The van der Waals surface area contributed by atoms with Crippen LogP contribution in [0.1, 0.15) is 67.8 Å². The maximum absolute atomic E-state index is 12.9. The predicted molar refractivity (Wildman–Crippen MR) is 130 cm³/mol. The van der Waals surface area contributed by atoms with Crippen molar-refractivity contribution >= 4 is 5.91 Å². The highest BCUT2D eigenvalue weighted by atomic mass is 16.5. The Labute approximate surface area is 198 Å². The molecule has 0 bridgehead atoms. The molecule has 4 rings (SSSR count). The molecular weight excluding hydrogens is 412 g/mol. The van der Waals surface area contributed by atoms with Gasteiger partial charge in [-0.05, 0) is 62.1 Å². The summed E-state index contributed by atoms with van der Waals surface area (Å²) < 4.78 is 6.24. The van der Waals surface area contributed by atoms with Gasteiger partial charge in [0.05, 0.1) is 5.56 Å². The molecule has 1 saturated heterocycles. The number of likely N-dealkylation sites (tertiary alicyclic amines) is 1. The molecule has 0 saturated carbocycles. The molecule has 2 aliphatic heterocycles. The fourth-order valence-electron chi connectivity index (χ4n) is 5.34. The lowest BCUT2D eigenvalue weighted by molar-refractivity contribution is 0.0374. The molecule has 2 aliphatic rings. The van der Waals surface area contributed by atoms with Crippen LogP contribution in [0.5, 0.6) is 5.75 Å². The average Bonchev–Trinajstić information content (AvgIpc) is 2.86. The second-order valence-corrected chi connectivity index (χ2v) is 9.71. The van der Waals surface area contributed by atoms with E-state index in [0.717, 1.165) is 64.3 Å². The van der Waals surface area contributed by atoms with Gasteiger partial charge in [0.25, 0.3) is 5.91 Å². The highest BCUT2D eigenvalue weighted by Crippen LogP contribution is 2.38. The summed E-state index contributed by atoms with van der Waals surface area (Å²) in [6.45, 7) is 7.80. The third kappa shape index (κ3) is 6.32. The normalized spacial score (nSPS) is 19.7. The fourth-order valence-corrected chi connectivity index (χ4v) is 5.34. The number of para-hydroxylation sites is 1. The van der Waals surface area contributed by atoms with E-state index >= 15 is 0 Å². The summed E-state index contributed by atoms with van der Waals surface area (Å²) in [5.41, 5.74) is 2.20. The molecule has 1 amide bonds. The molecule has 1 spiro atoms. The van der Waals surface area contributed by atoms with Crippen molar-refractivity contribution < 1.29 is 9.53 Å². The van der Waals surface area contributed by atoms with Gasteiger partial charge in [0.1, 0.15) is 18.7 Å². The average molecular weight is 451 g/mol. The summed E-state index contributed by atoms with van der Waals surface area (Å²) in [6.07, 6.45) is 14.0. The first-order chi connectivity index (χ1) is 16.2. The largest absolute Gasteiger partial charge is 0.492 e. The van der Waals surface area contributed by atoms with Gasteiger partial charge in [-0.2, -0.15) is 0 Å². The van der Waals surface area contributed by atoms with Crippen LogP contribution in [0.3, 0.4) is 0 Å². The quantitative estimate of drug-likeness (QED) is 0.681. The van der Waals surface area contributed by atoms with Gasteiger partial charge in [-0.1, -0.05) is 38.0 Å². The van der Waals surface area contributed by atoms with E-state index in [2.05, 4.69) is 46.1 Å². The summed E-state index contributed by atoms with van der Waals surface area (Å²) in [7, 11) is 0. The fraction of sp³-hybridized carbons (Fsp3) is 0.593. The summed E-state index contributed by atoms with van der Waals surface area (Å²) in [5, 5.41) is 0. The predicted octanol–water partition coefficient (Wildman–Crippen LogP) is 4.61. The van der Waals surface area contributed by atoms with Gasteiger partial charge in [0, 0.05) is 38.6 Å². The Hall–Kier alpha value is -2.47. The lowest BCUT2D eigenvalue weighted by atomic mass is 9.73. The summed E-state index contributed by atoms with van der Waals surface area (Å²) in [6, 6.07) is 8.52. The number of carbonyl (C=O) groups is 1. The molecule has 0 aliphatic carbocycles. The minimum Gasteiger partial charge on any atom is -0.492 e. The zero-order chi connectivity index (χ0) is 22.9. The van der Waals surface area contributed by atoms with E-state index in [1.54, 1.807) is 12.4 Å². The number of piperidine rings is 1. The Morgan fingerprint density at radius 2 is 1.85 bits per heavy atom. The van der Waals surface area contributed by atoms with E-state index in [1.807, 2.05) is 4.90 Å². The summed E-state index contributed by atoms with van der Waals surface area (Å²) >= 11 is 0. The van der Waals surface area contributed by atoms with E-state index in [9.17, 15) is 4.79 Å². The van der Waals surface area contributed by atoms with Crippen LogP contribution in [-0.2, 0) is 6.42 Å². The van der Waals surface area contributed by atoms with E-state index in [0.29, 0.717) is 5.56 Å². The lowest BCUT2D eigenvalue weighted by Gasteiger charge is -2.45. The van der Waals surface area contributed by atoms with E-state index < -0.39 is 0 Å². The maximum Gasteiger partial charge on any atom is 0.256 e. The number of aryl methyl sites for hydroxylation is 1. The number of hydrogen-bond acceptors (Lipinski definition) is 5. The van der Waals surface area contributed by atoms with Crippen molar-refractivity contribution in [1.82, 2.24) is 19.8 Å². The first-order valence-electron chi connectivity index (χ1n) is 12.7. The molecule has 6 nitrogen and oxygen atoms in total. The van der Waals surface area contributed by atoms with Gasteiger partial charge in [-0.25, -0.2) is 9.97 Å². The van der Waals surface area contributed by atoms with E-state index in [1.165, 1.54) is 44.0 Å². The lowest BCUT2D eigenvalue weighted by Crippen LogP contribution is -2.49. The van der Waals surface area contributed by atoms with Crippen LogP contribution in [0.4, 0.5) is 0 Å². The molecule has 1 aromatic heterocycles. The van der Waals surface area contributed by atoms with Crippen LogP contribution in [-0.4, -0.2) is 65.0 Å². The van der Waals surface area contributed by atoms with Gasteiger partial charge in [0.2, 0.25) is 0 Å². The molecule has 0 atom stereocenters. The molecular formula is C27H38N4O2. The molecule has 0 unspecified atom stereocenters. The van der Waals surface area contributed by atoms with Gasteiger partial charge in [0.15, 0.2) is 0 Å². The molecule has 0 radical (unpaired) electrons. The molecule has 178 valence electrons. The number of carbonyl (C=O) groups excluding carboxylic acids is 1. The molecule has 1 fully saturated rings. The zero-order valence-corrected chi connectivity index (χ0v) is 20.0. The van der Waals surface area contributed by atoms with Gasteiger partial charge < -0.3 is 9.64 Å².